The van der Waals surface area contributed by atoms with Crippen LogP contribution in [0.15, 0.2) is 60.8 Å². The molecule has 1 aliphatic heterocycles. The van der Waals surface area contributed by atoms with Gasteiger partial charge < -0.3 is 15.0 Å². The van der Waals surface area contributed by atoms with E-state index < -0.39 is 6.10 Å². The van der Waals surface area contributed by atoms with Gasteiger partial charge >= 0.3 is 0 Å². The SMILES string of the molecule is C[C@H]1Oc2ccc(NC(=O)c3cccnc3Cl)cc2CN([C@H]2CCCc3ccccc32)C1=O. The summed E-state index contributed by atoms with van der Waals surface area (Å²) in [7, 11) is 0. The zero-order chi connectivity index (χ0) is 22.9. The highest BCUT2D eigenvalue weighted by molar-refractivity contribution is 6.33. The maximum atomic E-state index is 13.3. The van der Waals surface area contributed by atoms with E-state index in [4.69, 9.17) is 16.3 Å². The summed E-state index contributed by atoms with van der Waals surface area (Å²) in [5, 5.41) is 3.03. The Bertz CT molecular complexity index is 1230. The Kier molecular flexibility index (Phi) is 5.77. The third kappa shape index (κ3) is 4.18. The number of fused-ring (bicyclic) bond motifs is 2. The lowest BCUT2D eigenvalue weighted by atomic mass is 9.86. The molecule has 0 fully saturated rings. The number of rotatable bonds is 3. The van der Waals surface area contributed by atoms with Crippen LogP contribution >= 0.6 is 11.6 Å². The van der Waals surface area contributed by atoms with Crippen LogP contribution in [0.25, 0.3) is 0 Å². The summed E-state index contributed by atoms with van der Waals surface area (Å²) in [5.41, 5.74) is 4.27. The average molecular weight is 462 g/mol. The molecule has 1 N–H and O–H groups in total. The van der Waals surface area contributed by atoms with Gasteiger partial charge in [-0.25, -0.2) is 4.98 Å². The first-order chi connectivity index (χ1) is 16.0. The van der Waals surface area contributed by atoms with Crippen LogP contribution in [0.2, 0.25) is 5.15 Å². The van der Waals surface area contributed by atoms with Crippen LogP contribution in [0, 0.1) is 0 Å². The minimum Gasteiger partial charge on any atom is -0.481 e. The molecule has 2 atom stereocenters. The number of hydrogen-bond acceptors (Lipinski definition) is 4. The summed E-state index contributed by atoms with van der Waals surface area (Å²) in [6.07, 6.45) is 3.94. The second kappa shape index (κ2) is 8.87. The zero-order valence-corrected chi connectivity index (χ0v) is 19.0. The van der Waals surface area contributed by atoms with Gasteiger partial charge in [0.25, 0.3) is 11.8 Å². The predicted molar refractivity (Wildman–Crippen MR) is 126 cm³/mol. The summed E-state index contributed by atoms with van der Waals surface area (Å²) in [6, 6.07) is 17.1. The second-order valence-corrected chi connectivity index (χ2v) is 8.81. The highest BCUT2D eigenvalue weighted by atomic mass is 35.5. The Hall–Kier alpha value is -3.38. The molecule has 0 saturated carbocycles. The molecule has 0 unspecified atom stereocenters. The first kappa shape index (κ1) is 21.5. The molecule has 2 aliphatic rings. The quantitative estimate of drug-likeness (QED) is 0.546. The van der Waals surface area contributed by atoms with Crippen molar-refractivity contribution in [3.63, 3.8) is 0 Å². The number of anilines is 1. The Labute approximate surface area is 197 Å². The molecule has 6 nitrogen and oxygen atoms in total. The summed E-state index contributed by atoms with van der Waals surface area (Å²) in [5.74, 6) is 0.283. The molecule has 7 heteroatoms. The van der Waals surface area contributed by atoms with E-state index in [1.54, 1.807) is 31.2 Å². The van der Waals surface area contributed by atoms with Crippen molar-refractivity contribution in [1.29, 1.82) is 0 Å². The van der Waals surface area contributed by atoms with Crippen LogP contribution in [0.4, 0.5) is 5.69 Å². The fourth-order valence-electron chi connectivity index (χ4n) is 4.70. The number of carbonyl (C=O) groups excluding carboxylic acids is 2. The van der Waals surface area contributed by atoms with E-state index in [1.165, 1.54) is 17.3 Å². The molecule has 0 radical (unpaired) electrons. The number of ether oxygens (including phenoxy) is 1. The van der Waals surface area contributed by atoms with Gasteiger partial charge in [-0.1, -0.05) is 35.9 Å². The number of aromatic nitrogens is 1. The molecule has 2 amide bonds. The molecular weight excluding hydrogens is 438 g/mol. The Balaban J connectivity index is 1.45. The normalized spacial score (nSPS) is 19.7. The fourth-order valence-corrected chi connectivity index (χ4v) is 4.91. The smallest absolute Gasteiger partial charge is 0.264 e. The molecule has 0 bridgehead atoms. The summed E-state index contributed by atoms with van der Waals surface area (Å²) >= 11 is 6.06. The molecule has 2 heterocycles. The molecule has 0 spiro atoms. The van der Waals surface area contributed by atoms with E-state index >= 15 is 0 Å². The molecule has 1 aromatic heterocycles. The minimum atomic E-state index is -0.588. The highest BCUT2D eigenvalue weighted by Crippen LogP contribution is 2.38. The second-order valence-electron chi connectivity index (χ2n) is 8.45. The number of nitrogens with one attached hydrogen (secondary N) is 1. The summed E-state index contributed by atoms with van der Waals surface area (Å²) in [4.78, 5) is 31.9. The van der Waals surface area contributed by atoms with Gasteiger partial charge in [-0.3, -0.25) is 9.59 Å². The number of nitrogens with zero attached hydrogens (tertiary/aromatic N) is 2. The van der Waals surface area contributed by atoms with Gasteiger partial charge in [-0.05, 0) is 67.6 Å². The van der Waals surface area contributed by atoms with Crippen molar-refractivity contribution < 1.29 is 14.3 Å². The summed E-state index contributed by atoms with van der Waals surface area (Å²) in [6.45, 7) is 2.20. The third-order valence-electron chi connectivity index (χ3n) is 6.31. The van der Waals surface area contributed by atoms with E-state index in [9.17, 15) is 9.59 Å². The molecule has 2 aromatic carbocycles. The topological polar surface area (TPSA) is 71.5 Å². The van der Waals surface area contributed by atoms with Crippen LogP contribution in [0.3, 0.4) is 0 Å². The number of pyridine rings is 1. The van der Waals surface area contributed by atoms with E-state index in [1.807, 2.05) is 17.0 Å². The van der Waals surface area contributed by atoms with Gasteiger partial charge in [-0.15, -0.1) is 0 Å². The molecule has 168 valence electrons. The van der Waals surface area contributed by atoms with E-state index in [-0.39, 0.29) is 23.0 Å². The molecule has 0 saturated heterocycles. The fraction of sp³-hybridized carbons (Fsp3) is 0.269. The number of carbonyl (C=O) groups is 2. The average Bonchev–Trinajstić information content (AvgIpc) is 2.95. The third-order valence-corrected chi connectivity index (χ3v) is 6.61. The first-order valence-corrected chi connectivity index (χ1v) is 11.5. The lowest BCUT2D eigenvalue weighted by Gasteiger charge is -2.35. The number of amides is 2. The monoisotopic (exact) mass is 461 g/mol. The van der Waals surface area contributed by atoms with Crippen molar-refractivity contribution in [2.75, 3.05) is 5.32 Å². The van der Waals surface area contributed by atoms with Crippen LogP contribution in [-0.2, 0) is 17.8 Å². The van der Waals surface area contributed by atoms with Gasteiger partial charge in [0.15, 0.2) is 6.10 Å². The van der Waals surface area contributed by atoms with Crippen molar-refractivity contribution >= 4 is 29.1 Å². The van der Waals surface area contributed by atoms with E-state index in [0.717, 1.165) is 24.8 Å². The van der Waals surface area contributed by atoms with Gasteiger partial charge in [-0.2, -0.15) is 0 Å². The standard InChI is InChI=1S/C26H24ClN3O3/c1-16-26(32)30(22-10-4-7-17-6-2-3-8-20(17)22)15-18-14-19(11-12-23(18)33-16)29-25(31)21-9-5-13-28-24(21)27/h2-3,5-6,8-9,11-14,16,22H,4,7,10,15H2,1H3,(H,29,31)/t16-,22+/m1/s1. The maximum absolute atomic E-state index is 13.3. The Morgan fingerprint density at radius 2 is 2.00 bits per heavy atom. The van der Waals surface area contributed by atoms with Gasteiger partial charge in [0.1, 0.15) is 10.9 Å². The van der Waals surface area contributed by atoms with E-state index in [2.05, 4.69) is 28.5 Å². The largest absolute Gasteiger partial charge is 0.481 e. The van der Waals surface area contributed by atoms with E-state index in [0.29, 0.717) is 23.5 Å². The maximum Gasteiger partial charge on any atom is 0.264 e. The number of halogens is 1. The Morgan fingerprint density at radius 1 is 1.15 bits per heavy atom. The van der Waals surface area contributed by atoms with Crippen molar-refractivity contribution in [1.82, 2.24) is 9.88 Å². The van der Waals surface area contributed by atoms with Gasteiger partial charge in [0, 0.05) is 17.4 Å². The summed E-state index contributed by atoms with van der Waals surface area (Å²) < 4.78 is 6.01. The molecular formula is C26H24ClN3O3. The number of aryl methyl sites for hydroxylation is 1. The molecule has 5 rings (SSSR count). The van der Waals surface area contributed by atoms with Gasteiger partial charge in [0.2, 0.25) is 0 Å². The highest BCUT2D eigenvalue weighted by Gasteiger charge is 2.35. The van der Waals surface area contributed by atoms with Crippen molar-refractivity contribution in [3.05, 3.63) is 88.2 Å². The van der Waals surface area contributed by atoms with Crippen LogP contribution in [0.5, 0.6) is 5.75 Å². The Morgan fingerprint density at radius 3 is 2.85 bits per heavy atom. The molecule has 3 aromatic rings. The van der Waals surface area contributed by atoms with Crippen LogP contribution in [-0.4, -0.2) is 27.8 Å². The van der Waals surface area contributed by atoms with Crippen LogP contribution in [0.1, 0.15) is 52.9 Å². The zero-order valence-electron chi connectivity index (χ0n) is 18.3. The lowest BCUT2D eigenvalue weighted by Crippen LogP contribution is -2.41. The van der Waals surface area contributed by atoms with Crippen molar-refractivity contribution in [2.24, 2.45) is 0 Å². The minimum absolute atomic E-state index is 0.00639. The van der Waals surface area contributed by atoms with Gasteiger partial charge in [0.05, 0.1) is 18.2 Å². The first-order valence-electron chi connectivity index (χ1n) is 11.1. The number of hydrogen-bond donors (Lipinski definition) is 1. The number of benzene rings is 2. The molecule has 33 heavy (non-hydrogen) atoms. The van der Waals surface area contributed by atoms with Crippen molar-refractivity contribution in [2.45, 2.75) is 44.9 Å². The lowest BCUT2D eigenvalue weighted by molar-refractivity contribution is -0.140. The molecule has 1 aliphatic carbocycles. The van der Waals surface area contributed by atoms with Crippen molar-refractivity contribution in [3.8, 4) is 5.75 Å². The van der Waals surface area contributed by atoms with Crippen LogP contribution < -0.4 is 10.1 Å². The predicted octanol–water partition coefficient (Wildman–Crippen LogP) is 5.17.